The molecule has 4 rings (SSSR count). The highest BCUT2D eigenvalue weighted by Gasteiger charge is 2.05. The smallest absolute Gasteiger partial charge is 0.126 e. The van der Waals surface area contributed by atoms with E-state index in [0.717, 1.165) is 28.0 Å². The highest BCUT2D eigenvalue weighted by atomic mass is 35.5. The van der Waals surface area contributed by atoms with Gasteiger partial charge in [-0.25, -0.2) is 0 Å². The molecule has 0 saturated heterocycles. The second-order valence-electron chi connectivity index (χ2n) is 7.13. The molecule has 44 heavy (non-hydrogen) atoms. The van der Waals surface area contributed by atoms with E-state index < -0.39 is 0 Å². The molecule has 0 aromatic heterocycles. The number of nitrogens with zero attached hydrogens (tertiary/aromatic N) is 3. The Morgan fingerprint density at radius 2 is 0.841 bits per heavy atom. The summed E-state index contributed by atoms with van der Waals surface area (Å²) in [5.41, 5.74) is 10.1. The first-order valence-corrected chi connectivity index (χ1v) is 12.6. The van der Waals surface area contributed by atoms with E-state index in [4.69, 9.17) is 39.1 Å². The van der Waals surface area contributed by atoms with Crippen molar-refractivity contribution in [3.05, 3.63) is 144 Å². The molecule has 8 heteroatoms. The highest BCUT2D eigenvalue weighted by molar-refractivity contribution is 6.40. The average molecular weight is 659 g/mol. The minimum Gasteiger partial charge on any atom is -0.318 e. The number of benzene rings is 4. The predicted octanol–water partition coefficient (Wildman–Crippen LogP) is 10.6. The van der Waals surface area contributed by atoms with E-state index >= 15 is 0 Å². The first-order chi connectivity index (χ1) is 18.6. The van der Waals surface area contributed by atoms with Crippen LogP contribution in [0.25, 0.3) is 0 Å². The molecule has 3 N–H and O–H groups in total. The van der Waals surface area contributed by atoms with Crippen LogP contribution in [0.1, 0.15) is 59.4 Å². The predicted molar refractivity (Wildman–Crippen MR) is 200 cm³/mol. The van der Waals surface area contributed by atoms with Crippen LogP contribution in [0.3, 0.4) is 0 Å². The zero-order valence-corrected chi connectivity index (χ0v) is 23.6. The molecule has 0 aliphatic rings. The van der Waals surface area contributed by atoms with Gasteiger partial charge in [-0.3, -0.25) is 10.4 Å². The van der Waals surface area contributed by atoms with Gasteiger partial charge in [-0.2, -0.15) is 10.5 Å². The molecule has 0 spiro atoms. The number of nitriles is 2. The van der Waals surface area contributed by atoms with Crippen LogP contribution in [0.2, 0.25) is 0 Å². The van der Waals surface area contributed by atoms with Gasteiger partial charge in [0, 0.05) is 11.1 Å². The third-order valence-electron chi connectivity index (χ3n) is 4.62. The fraction of sp³-hybridized carbons (Fsp3) is 0.222. The molecule has 0 radical (unpaired) electrons. The molecular weight excluding hydrogens is 609 g/mol. The Morgan fingerprint density at radius 3 is 1.07 bits per heavy atom. The van der Waals surface area contributed by atoms with E-state index in [0.29, 0.717) is 5.71 Å². The Morgan fingerprint density at radius 1 is 0.591 bits per heavy atom. The van der Waals surface area contributed by atoms with Gasteiger partial charge in [-0.1, -0.05) is 158 Å². The lowest BCUT2D eigenvalue weighted by atomic mass is 10.0. The van der Waals surface area contributed by atoms with Gasteiger partial charge in [0.1, 0.15) is 6.54 Å². The van der Waals surface area contributed by atoms with Gasteiger partial charge < -0.3 is 5.73 Å². The van der Waals surface area contributed by atoms with Crippen LogP contribution >= 0.6 is 35.6 Å². The molecule has 4 aromatic rings. The number of rotatable bonds is 5. The average Bonchev–Trinajstić information content (AvgIpc) is 3.00. The maximum atomic E-state index is 8.65. The molecule has 0 aliphatic carbocycles. The Balaban J connectivity index is -0.000000123. The molecule has 240 valence electrons. The molecule has 0 saturated carbocycles. The lowest BCUT2D eigenvalue weighted by Gasteiger charge is -2.06. The van der Waals surface area contributed by atoms with Gasteiger partial charge in [0.25, 0.3) is 0 Å². The molecule has 4 aromatic carbocycles. The maximum absolute atomic E-state index is 8.65. The topological polar surface area (TPSA) is 110 Å². The number of nitrogens with one attached hydrogen (secondary N) is 1. The summed E-state index contributed by atoms with van der Waals surface area (Å²) in [5.74, 6) is 0. The summed E-state index contributed by atoms with van der Waals surface area (Å²) >= 11 is 9.53. The summed E-state index contributed by atoms with van der Waals surface area (Å²) in [6, 6.07) is 43.1. The van der Waals surface area contributed by atoms with Crippen molar-refractivity contribution in [3.63, 3.8) is 0 Å². The largest absolute Gasteiger partial charge is 0.318 e. The van der Waals surface area contributed by atoms with Crippen molar-refractivity contribution in [2.75, 3.05) is 18.4 Å². The lowest BCUT2D eigenvalue weighted by molar-refractivity contribution is 1.23. The van der Waals surface area contributed by atoms with Crippen LogP contribution in [0.15, 0.2) is 126 Å². The molecule has 0 fully saturated rings. The van der Waals surface area contributed by atoms with Gasteiger partial charge in [0.2, 0.25) is 0 Å². The Bertz CT molecular complexity index is 1200. The van der Waals surface area contributed by atoms with Crippen molar-refractivity contribution >= 4 is 47.0 Å². The molecular formula is C36H50Cl3N5. The fourth-order valence-electron chi connectivity index (χ4n) is 3.03. The van der Waals surface area contributed by atoms with Crippen molar-refractivity contribution < 1.29 is 0 Å². The van der Waals surface area contributed by atoms with Gasteiger partial charge in [-0.05, 0) is 11.1 Å². The van der Waals surface area contributed by atoms with Crippen molar-refractivity contribution in [3.8, 4) is 12.1 Å². The minimum atomic E-state index is 0. The van der Waals surface area contributed by atoms with E-state index in [1.165, 1.54) is 0 Å². The van der Waals surface area contributed by atoms with Crippen molar-refractivity contribution in [1.82, 2.24) is 0 Å². The first kappa shape index (κ1) is 52.7. The maximum Gasteiger partial charge on any atom is 0.126 e. The number of halogens is 3. The quantitative estimate of drug-likeness (QED) is 0.126. The zero-order valence-electron chi connectivity index (χ0n) is 21.3. The van der Waals surface area contributed by atoms with Crippen LogP contribution < -0.4 is 5.73 Å². The number of alkyl halides is 2. The second-order valence-corrected chi connectivity index (χ2v) is 7.93. The Kier molecular flexibility index (Phi) is 42.2. The second kappa shape index (κ2) is 35.2. The van der Waals surface area contributed by atoms with Crippen LogP contribution in [0.5, 0.6) is 0 Å². The molecule has 0 heterocycles. The Hall–Kier alpha value is -3.97. The summed E-state index contributed by atoms with van der Waals surface area (Å²) < 4.78 is 0. The van der Waals surface area contributed by atoms with E-state index in [9.17, 15) is 0 Å². The fourth-order valence-corrected chi connectivity index (χ4v) is 3.03. The lowest BCUT2D eigenvalue weighted by Crippen LogP contribution is -2.03. The van der Waals surface area contributed by atoms with E-state index in [-0.39, 0.29) is 68.0 Å². The van der Waals surface area contributed by atoms with E-state index in [1.54, 1.807) is 6.07 Å². The summed E-state index contributed by atoms with van der Waals surface area (Å²) in [6.07, 6.45) is 0. The number of hydrogen-bond acceptors (Lipinski definition) is 5. The Labute approximate surface area is 283 Å². The molecule has 0 aliphatic heterocycles. The number of aliphatic imine (C=N–C) groups is 1. The van der Waals surface area contributed by atoms with Gasteiger partial charge in [0.05, 0.1) is 35.4 Å². The normalized spacial score (nSPS) is 7.57. The van der Waals surface area contributed by atoms with Crippen LogP contribution in [0, 0.1) is 28.1 Å². The first-order valence-electron chi connectivity index (χ1n) is 11.5. The SMILES string of the molecule is C.C.C.C.C.Cl.ClCCl.N#CCN.N#CCN=C(c1ccccc1)c1ccccc1.N=C(c1ccccc1)c1ccccc1. The van der Waals surface area contributed by atoms with Gasteiger partial charge in [-0.15, -0.1) is 35.6 Å². The zero-order chi connectivity index (χ0) is 27.8. The van der Waals surface area contributed by atoms with Crippen LogP contribution in [0.4, 0.5) is 0 Å². The number of nitrogens with two attached hydrogens (primary N) is 1. The van der Waals surface area contributed by atoms with Crippen LogP contribution in [-0.4, -0.2) is 29.9 Å². The standard InChI is InChI=1S/C15H12N2.C13H11N.C2H4N2.CH2Cl2.5CH4.ClH/c16-11-12-17-15(13-7-3-1-4-8-13)14-9-5-2-6-10-14;14-13(11-7-3-1-4-8-11)12-9-5-2-6-10-12;3-1-2-4;2-1-3;;;;;;/h1-10H,12H2;1-10,14H;1,3H2;1H2;5*1H4;1H. The third kappa shape index (κ3) is 21.7. The van der Waals surface area contributed by atoms with Crippen molar-refractivity contribution in [1.29, 1.82) is 15.9 Å². The third-order valence-corrected chi connectivity index (χ3v) is 4.62. The minimum absolute atomic E-state index is 0. The summed E-state index contributed by atoms with van der Waals surface area (Å²) in [4.78, 5) is 4.34. The van der Waals surface area contributed by atoms with Gasteiger partial charge >= 0.3 is 0 Å². The summed E-state index contributed by atoms with van der Waals surface area (Å²) in [6.45, 7) is 0.305. The molecule has 0 amide bonds. The number of hydrogen-bond donors (Lipinski definition) is 2. The van der Waals surface area contributed by atoms with Crippen molar-refractivity contribution in [2.45, 2.75) is 37.1 Å². The van der Waals surface area contributed by atoms with E-state index in [1.807, 2.05) is 121 Å². The van der Waals surface area contributed by atoms with E-state index in [2.05, 4.69) is 16.8 Å². The van der Waals surface area contributed by atoms with Gasteiger partial charge in [0.15, 0.2) is 0 Å². The van der Waals surface area contributed by atoms with Crippen LogP contribution in [-0.2, 0) is 0 Å². The molecule has 0 bridgehead atoms. The molecule has 5 nitrogen and oxygen atoms in total. The highest BCUT2D eigenvalue weighted by Crippen LogP contribution is 2.11. The molecule has 0 unspecified atom stereocenters. The summed E-state index contributed by atoms with van der Waals surface area (Å²) in [7, 11) is 0. The molecule has 0 atom stereocenters. The van der Waals surface area contributed by atoms with Crippen molar-refractivity contribution in [2.24, 2.45) is 10.7 Å². The summed E-state index contributed by atoms with van der Waals surface area (Å²) in [5, 5.41) is 24.3. The monoisotopic (exact) mass is 657 g/mol.